The van der Waals surface area contributed by atoms with Crippen molar-refractivity contribution in [1.82, 2.24) is 9.21 Å². The van der Waals surface area contributed by atoms with Crippen LogP contribution in [0.3, 0.4) is 0 Å². The summed E-state index contributed by atoms with van der Waals surface area (Å²) < 4.78 is 55.0. The van der Waals surface area contributed by atoms with Gasteiger partial charge in [0.2, 0.25) is 10.0 Å². The van der Waals surface area contributed by atoms with E-state index in [0.29, 0.717) is 11.4 Å². The van der Waals surface area contributed by atoms with Crippen LogP contribution >= 0.6 is 11.6 Å². The van der Waals surface area contributed by atoms with Crippen molar-refractivity contribution in [1.29, 1.82) is 0 Å². The van der Waals surface area contributed by atoms with E-state index in [1.165, 1.54) is 40.5 Å². The quantitative estimate of drug-likeness (QED) is 0.542. The minimum atomic E-state index is -3.67. The van der Waals surface area contributed by atoms with Crippen molar-refractivity contribution >= 4 is 43.3 Å². The molecule has 0 aromatic heterocycles. The van der Waals surface area contributed by atoms with Crippen LogP contribution in [0.15, 0.2) is 29.2 Å². The molecule has 0 aliphatic carbocycles. The highest BCUT2D eigenvalue weighted by atomic mass is 35.5. The van der Waals surface area contributed by atoms with Crippen LogP contribution in [0.1, 0.15) is 19.3 Å². The molecule has 1 amide bonds. The van der Waals surface area contributed by atoms with Crippen LogP contribution in [0.4, 0.5) is 0 Å². The molecule has 1 aromatic rings. The molecular formula is C19H25ClN2O7S2. The summed E-state index contributed by atoms with van der Waals surface area (Å²) in [6.07, 6.45) is 0.951. The van der Waals surface area contributed by atoms with Gasteiger partial charge in [-0.2, -0.15) is 4.31 Å². The number of carbonyl (C=O) groups excluding carboxylic acids is 2. The Kier molecular flexibility index (Phi) is 7.29. The van der Waals surface area contributed by atoms with Gasteiger partial charge in [-0.3, -0.25) is 9.59 Å². The number of piperidine rings is 1. The molecule has 12 heteroatoms. The summed E-state index contributed by atoms with van der Waals surface area (Å²) >= 11 is 5.81. The number of rotatable bonds is 6. The second-order valence-electron chi connectivity index (χ2n) is 7.80. The number of likely N-dealkylation sites (N-methyl/N-ethyl adjacent to an activating group) is 1. The normalized spacial score (nSPS) is 22.2. The number of nitrogens with zero attached hydrogens (tertiary/aromatic N) is 2. The molecule has 2 saturated heterocycles. The summed E-state index contributed by atoms with van der Waals surface area (Å²) in [7, 11) is -5.29. The van der Waals surface area contributed by atoms with Crippen molar-refractivity contribution in [3.8, 4) is 0 Å². The van der Waals surface area contributed by atoms with Crippen LogP contribution in [0.5, 0.6) is 0 Å². The summed E-state index contributed by atoms with van der Waals surface area (Å²) in [4.78, 5) is 26.0. The molecule has 31 heavy (non-hydrogen) atoms. The Hall–Kier alpha value is -1.69. The average molecular weight is 493 g/mol. The molecule has 2 aliphatic heterocycles. The Bertz CT molecular complexity index is 1030. The number of hydrogen-bond acceptors (Lipinski definition) is 7. The number of amides is 1. The summed E-state index contributed by atoms with van der Waals surface area (Å²) in [6.45, 7) is -0.133. The lowest BCUT2D eigenvalue weighted by molar-refractivity contribution is -0.156. The topological polar surface area (TPSA) is 118 Å². The molecule has 2 heterocycles. The maximum absolute atomic E-state index is 12.7. The zero-order chi connectivity index (χ0) is 22.8. The number of sulfone groups is 1. The first-order valence-electron chi connectivity index (χ1n) is 9.88. The van der Waals surface area contributed by atoms with E-state index in [9.17, 15) is 26.4 Å². The molecule has 2 aliphatic rings. The number of esters is 1. The van der Waals surface area contributed by atoms with Gasteiger partial charge in [0.25, 0.3) is 5.91 Å². The predicted octanol–water partition coefficient (Wildman–Crippen LogP) is 0.929. The van der Waals surface area contributed by atoms with Crippen molar-refractivity contribution in [2.75, 3.05) is 38.2 Å². The van der Waals surface area contributed by atoms with Gasteiger partial charge in [0.05, 0.1) is 22.3 Å². The maximum Gasteiger partial charge on any atom is 0.309 e. The number of benzene rings is 1. The zero-order valence-electron chi connectivity index (χ0n) is 17.1. The number of hydrogen-bond donors (Lipinski definition) is 0. The van der Waals surface area contributed by atoms with Gasteiger partial charge in [0.15, 0.2) is 16.4 Å². The monoisotopic (exact) mass is 492 g/mol. The molecule has 0 N–H and O–H groups in total. The van der Waals surface area contributed by atoms with Gasteiger partial charge in [-0.05, 0) is 43.5 Å². The Morgan fingerprint density at radius 3 is 2.32 bits per heavy atom. The lowest BCUT2D eigenvalue weighted by Crippen LogP contribution is -2.42. The molecule has 3 rings (SSSR count). The molecule has 1 atom stereocenters. The van der Waals surface area contributed by atoms with Crippen LogP contribution in [0, 0.1) is 5.92 Å². The van der Waals surface area contributed by atoms with E-state index in [4.69, 9.17) is 16.3 Å². The minimum absolute atomic E-state index is 0.0482. The molecule has 9 nitrogen and oxygen atoms in total. The summed E-state index contributed by atoms with van der Waals surface area (Å²) in [5, 5.41) is 0.440. The molecule has 0 bridgehead atoms. The van der Waals surface area contributed by atoms with Gasteiger partial charge in [-0.15, -0.1) is 0 Å². The zero-order valence-corrected chi connectivity index (χ0v) is 19.5. The Balaban J connectivity index is 1.48. The molecule has 1 aromatic carbocycles. The smallest absolute Gasteiger partial charge is 0.309 e. The molecule has 0 saturated carbocycles. The third kappa shape index (κ3) is 5.76. The number of halogens is 1. The fourth-order valence-electron chi connectivity index (χ4n) is 3.72. The number of carbonyl (C=O) groups is 2. The van der Waals surface area contributed by atoms with Gasteiger partial charge in [0.1, 0.15) is 0 Å². The molecule has 2 fully saturated rings. The van der Waals surface area contributed by atoms with Gasteiger partial charge >= 0.3 is 5.97 Å². The second-order valence-corrected chi connectivity index (χ2v) is 12.4. The summed E-state index contributed by atoms with van der Waals surface area (Å²) in [6, 6.07) is 5.49. The highest BCUT2D eigenvalue weighted by Crippen LogP contribution is 2.25. The second kappa shape index (κ2) is 9.43. The van der Waals surface area contributed by atoms with E-state index in [2.05, 4.69) is 0 Å². The van der Waals surface area contributed by atoms with Crippen LogP contribution < -0.4 is 0 Å². The summed E-state index contributed by atoms with van der Waals surface area (Å²) in [5.74, 6) is -1.54. The first kappa shape index (κ1) is 24.0. The van der Waals surface area contributed by atoms with E-state index in [0.717, 1.165) is 0 Å². The van der Waals surface area contributed by atoms with Crippen LogP contribution in [0.2, 0.25) is 5.02 Å². The fraction of sp³-hybridized carbons (Fsp3) is 0.579. The van der Waals surface area contributed by atoms with Gasteiger partial charge in [0, 0.05) is 31.2 Å². The maximum atomic E-state index is 12.7. The van der Waals surface area contributed by atoms with Crippen molar-refractivity contribution in [2.45, 2.75) is 30.2 Å². The summed E-state index contributed by atoms with van der Waals surface area (Å²) in [5.41, 5.74) is 0. The third-order valence-corrected chi connectivity index (χ3v) is 9.64. The Morgan fingerprint density at radius 1 is 1.16 bits per heavy atom. The number of ether oxygens (including phenoxy) is 1. The predicted molar refractivity (Wildman–Crippen MR) is 114 cm³/mol. The third-order valence-electron chi connectivity index (χ3n) is 5.73. The largest absolute Gasteiger partial charge is 0.455 e. The van der Waals surface area contributed by atoms with Gasteiger partial charge < -0.3 is 9.64 Å². The fourth-order valence-corrected chi connectivity index (χ4v) is 7.09. The van der Waals surface area contributed by atoms with Crippen molar-refractivity contribution in [3.63, 3.8) is 0 Å². The van der Waals surface area contributed by atoms with E-state index >= 15 is 0 Å². The van der Waals surface area contributed by atoms with Gasteiger partial charge in [-0.1, -0.05) is 11.6 Å². The molecular weight excluding hydrogens is 468 g/mol. The van der Waals surface area contributed by atoms with E-state index < -0.39 is 50.3 Å². The highest BCUT2D eigenvalue weighted by molar-refractivity contribution is 7.91. The number of sulfonamides is 1. The molecule has 0 spiro atoms. The van der Waals surface area contributed by atoms with Crippen LogP contribution in [-0.2, 0) is 34.2 Å². The SMILES string of the molecule is CN(C(=O)COC(=O)C1CCN(S(=O)(=O)c2ccc(Cl)cc2)CC1)C1CCS(=O)(=O)C1. The van der Waals surface area contributed by atoms with Crippen molar-refractivity contribution in [2.24, 2.45) is 5.92 Å². The van der Waals surface area contributed by atoms with Crippen LogP contribution in [-0.4, -0.2) is 82.2 Å². The minimum Gasteiger partial charge on any atom is -0.455 e. The van der Waals surface area contributed by atoms with Gasteiger partial charge in [-0.25, -0.2) is 16.8 Å². The first-order valence-corrected chi connectivity index (χ1v) is 13.5. The Morgan fingerprint density at radius 2 is 1.77 bits per heavy atom. The highest BCUT2D eigenvalue weighted by Gasteiger charge is 2.35. The first-order chi connectivity index (χ1) is 14.5. The van der Waals surface area contributed by atoms with Crippen molar-refractivity contribution < 1.29 is 31.2 Å². The molecule has 172 valence electrons. The van der Waals surface area contributed by atoms with E-state index in [1.54, 1.807) is 0 Å². The molecule has 0 radical (unpaired) electrons. The van der Waals surface area contributed by atoms with Crippen LogP contribution in [0.25, 0.3) is 0 Å². The van der Waals surface area contributed by atoms with Crippen molar-refractivity contribution in [3.05, 3.63) is 29.3 Å². The lowest BCUT2D eigenvalue weighted by atomic mass is 9.98. The van der Waals surface area contributed by atoms with E-state index in [1.807, 2.05) is 0 Å². The van der Waals surface area contributed by atoms with E-state index in [-0.39, 0.29) is 42.3 Å². The average Bonchev–Trinajstić information content (AvgIpc) is 3.11. The lowest BCUT2D eigenvalue weighted by Gasteiger charge is -2.30. The standard InChI is InChI=1S/C19H25ClN2O7S2/c1-21(16-8-11-30(25,26)13-16)18(23)12-29-19(24)14-6-9-22(10-7-14)31(27,28)17-4-2-15(20)3-5-17/h2-5,14,16H,6-13H2,1H3. The molecule has 1 unspecified atom stereocenters. The Labute approximate surface area is 187 Å².